The highest BCUT2D eigenvalue weighted by Gasteiger charge is 2.33. The normalized spacial score (nSPS) is 17.1. The Morgan fingerprint density at radius 1 is 0.952 bits per heavy atom. The average molecular weight is 293 g/mol. The van der Waals surface area contributed by atoms with E-state index in [0.29, 0.717) is 12.8 Å². The molecule has 3 heteroatoms. The number of carbonyl (C=O) groups is 2. The van der Waals surface area contributed by atoms with Gasteiger partial charge in [-0.15, -0.1) is 0 Å². The van der Waals surface area contributed by atoms with Crippen molar-refractivity contribution in [3.05, 3.63) is 12.2 Å². The third kappa shape index (κ3) is 6.45. The van der Waals surface area contributed by atoms with Gasteiger partial charge in [0, 0.05) is 12.8 Å². The second kappa shape index (κ2) is 10.6. The Kier molecular flexibility index (Phi) is 9.04. The maximum absolute atomic E-state index is 11.9. The molecule has 120 valence electrons. The first-order valence-corrected chi connectivity index (χ1v) is 8.72. The molecule has 1 aliphatic heterocycles. The van der Waals surface area contributed by atoms with E-state index in [1.807, 2.05) is 0 Å². The number of hydrogen-bond donors (Lipinski definition) is 0. The zero-order valence-electron chi connectivity index (χ0n) is 13.8. The molecule has 2 amide bonds. The lowest BCUT2D eigenvalue weighted by Gasteiger charge is -2.23. The molecule has 1 saturated heterocycles. The molecular weight excluding hydrogens is 262 g/mol. The van der Waals surface area contributed by atoms with Gasteiger partial charge in [-0.25, -0.2) is 0 Å². The number of amides is 2. The van der Waals surface area contributed by atoms with Gasteiger partial charge >= 0.3 is 0 Å². The number of likely N-dealkylation sites (tertiary alicyclic amines) is 1. The maximum Gasteiger partial charge on any atom is 0.230 e. The highest BCUT2D eigenvalue weighted by molar-refractivity contribution is 6.02. The Morgan fingerprint density at radius 3 is 2.19 bits per heavy atom. The van der Waals surface area contributed by atoms with Crippen LogP contribution in [0.15, 0.2) is 12.2 Å². The molecule has 0 radical (unpaired) electrons. The lowest BCUT2D eigenvalue weighted by Crippen LogP contribution is -2.38. The molecule has 1 unspecified atom stereocenters. The Balaban J connectivity index is 2.49. The van der Waals surface area contributed by atoms with Gasteiger partial charge in [-0.2, -0.15) is 0 Å². The van der Waals surface area contributed by atoms with Gasteiger partial charge in [0.2, 0.25) is 11.8 Å². The van der Waals surface area contributed by atoms with Gasteiger partial charge < -0.3 is 0 Å². The molecule has 1 rings (SSSR count). The lowest BCUT2D eigenvalue weighted by atomic mass is 10.1. The van der Waals surface area contributed by atoms with Crippen LogP contribution < -0.4 is 0 Å². The van der Waals surface area contributed by atoms with E-state index in [2.05, 4.69) is 26.0 Å². The molecule has 0 aromatic carbocycles. The van der Waals surface area contributed by atoms with Crippen molar-refractivity contribution in [3.8, 4) is 0 Å². The number of imide groups is 1. The molecule has 1 heterocycles. The zero-order chi connectivity index (χ0) is 15.5. The summed E-state index contributed by atoms with van der Waals surface area (Å²) >= 11 is 0. The summed E-state index contributed by atoms with van der Waals surface area (Å²) in [7, 11) is 0. The van der Waals surface area contributed by atoms with E-state index in [9.17, 15) is 9.59 Å². The summed E-state index contributed by atoms with van der Waals surface area (Å²) in [5, 5.41) is 0. The molecule has 0 aromatic heterocycles. The van der Waals surface area contributed by atoms with Gasteiger partial charge in [-0.1, -0.05) is 64.5 Å². The molecule has 0 N–H and O–H groups in total. The van der Waals surface area contributed by atoms with E-state index >= 15 is 0 Å². The van der Waals surface area contributed by atoms with Crippen LogP contribution in [-0.4, -0.2) is 22.8 Å². The number of carbonyl (C=O) groups excluding carboxylic acids is 2. The molecule has 1 atom stereocenters. The van der Waals surface area contributed by atoms with E-state index in [0.717, 1.165) is 32.1 Å². The first kappa shape index (κ1) is 17.9. The van der Waals surface area contributed by atoms with Crippen LogP contribution >= 0.6 is 0 Å². The lowest BCUT2D eigenvalue weighted by molar-refractivity contribution is -0.140. The number of unbranched alkanes of at least 4 members (excludes halogenated alkanes) is 6. The first-order valence-electron chi connectivity index (χ1n) is 8.72. The van der Waals surface area contributed by atoms with E-state index in [1.165, 1.54) is 30.6 Å². The maximum atomic E-state index is 11.9. The summed E-state index contributed by atoms with van der Waals surface area (Å²) in [6.07, 6.45) is 15.4. The number of allylic oxidation sites excluding steroid dienone is 1. The topological polar surface area (TPSA) is 37.4 Å². The second-order valence-corrected chi connectivity index (χ2v) is 6.00. The van der Waals surface area contributed by atoms with E-state index in [1.54, 1.807) is 0 Å². The molecule has 1 fully saturated rings. The largest absolute Gasteiger partial charge is 0.276 e. The Hall–Kier alpha value is -1.12. The molecule has 1 aliphatic rings. The van der Waals surface area contributed by atoms with E-state index in [-0.39, 0.29) is 17.9 Å². The number of rotatable bonds is 11. The Bertz CT molecular complexity index is 333. The van der Waals surface area contributed by atoms with Crippen LogP contribution in [0.5, 0.6) is 0 Å². The predicted molar refractivity (Wildman–Crippen MR) is 86.9 cm³/mol. The van der Waals surface area contributed by atoms with Crippen LogP contribution in [-0.2, 0) is 9.59 Å². The SMILES string of the molecule is CCCCCC/C=C/C(CCCCC)N1C(=O)CCC1=O. The van der Waals surface area contributed by atoms with Gasteiger partial charge in [0.25, 0.3) is 0 Å². The van der Waals surface area contributed by atoms with Crippen molar-refractivity contribution < 1.29 is 9.59 Å². The van der Waals surface area contributed by atoms with Crippen LogP contribution in [0.4, 0.5) is 0 Å². The van der Waals surface area contributed by atoms with Crippen molar-refractivity contribution in [2.24, 2.45) is 0 Å². The third-order valence-corrected chi connectivity index (χ3v) is 4.11. The molecule has 3 nitrogen and oxygen atoms in total. The summed E-state index contributed by atoms with van der Waals surface area (Å²) in [5.41, 5.74) is 0. The predicted octanol–water partition coefficient (Wildman–Crippen LogP) is 4.61. The van der Waals surface area contributed by atoms with Crippen molar-refractivity contribution in [2.45, 2.75) is 90.5 Å². The van der Waals surface area contributed by atoms with Crippen LogP contribution in [0.3, 0.4) is 0 Å². The fraction of sp³-hybridized carbons (Fsp3) is 0.778. The van der Waals surface area contributed by atoms with Crippen LogP contribution in [0.1, 0.15) is 84.5 Å². The molecule has 0 aliphatic carbocycles. The fourth-order valence-electron chi connectivity index (χ4n) is 2.82. The van der Waals surface area contributed by atoms with Crippen LogP contribution in [0.2, 0.25) is 0 Å². The van der Waals surface area contributed by atoms with Crippen LogP contribution in [0, 0.1) is 0 Å². The molecule has 21 heavy (non-hydrogen) atoms. The monoisotopic (exact) mass is 293 g/mol. The van der Waals surface area contributed by atoms with E-state index in [4.69, 9.17) is 0 Å². The third-order valence-electron chi connectivity index (χ3n) is 4.11. The second-order valence-electron chi connectivity index (χ2n) is 6.00. The standard InChI is InChI=1S/C18H31NO2/c1-3-5-7-8-9-11-13-16(12-10-6-4-2)19-17(20)14-15-18(19)21/h11,13,16H,3-10,12,14-15H2,1-2H3/b13-11+. The molecule has 0 bridgehead atoms. The molecular formula is C18H31NO2. The summed E-state index contributed by atoms with van der Waals surface area (Å²) < 4.78 is 0. The minimum Gasteiger partial charge on any atom is -0.276 e. The first-order chi connectivity index (χ1) is 10.2. The van der Waals surface area contributed by atoms with Crippen molar-refractivity contribution in [1.82, 2.24) is 4.90 Å². The van der Waals surface area contributed by atoms with Gasteiger partial charge in [0.15, 0.2) is 0 Å². The summed E-state index contributed by atoms with van der Waals surface area (Å²) in [6, 6.07) is -0.00905. The number of nitrogens with zero attached hydrogens (tertiary/aromatic N) is 1. The van der Waals surface area contributed by atoms with Gasteiger partial charge in [-0.05, 0) is 19.3 Å². The smallest absolute Gasteiger partial charge is 0.230 e. The molecule has 0 saturated carbocycles. The highest BCUT2D eigenvalue weighted by atomic mass is 16.2. The van der Waals surface area contributed by atoms with Crippen molar-refractivity contribution in [3.63, 3.8) is 0 Å². The van der Waals surface area contributed by atoms with Crippen molar-refractivity contribution >= 4 is 11.8 Å². The molecule has 0 spiro atoms. The number of hydrogen-bond acceptors (Lipinski definition) is 2. The van der Waals surface area contributed by atoms with E-state index < -0.39 is 0 Å². The average Bonchev–Trinajstić information content (AvgIpc) is 2.80. The summed E-state index contributed by atoms with van der Waals surface area (Å²) in [5.74, 6) is 0.0225. The highest BCUT2D eigenvalue weighted by Crippen LogP contribution is 2.20. The Labute approximate surface area is 129 Å². The molecule has 0 aromatic rings. The summed E-state index contributed by atoms with van der Waals surface area (Å²) in [4.78, 5) is 25.3. The van der Waals surface area contributed by atoms with Gasteiger partial charge in [0.05, 0.1) is 6.04 Å². The Morgan fingerprint density at radius 2 is 1.57 bits per heavy atom. The van der Waals surface area contributed by atoms with Gasteiger partial charge in [-0.3, -0.25) is 14.5 Å². The minimum absolute atomic E-state index is 0.00905. The van der Waals surface area contributed by atoms with Gasteiger partial charge in [0.1, 0.15) is 0 Å². The van der Waals surface area contributed by atoms with Crippen LogP contribution in [0.25, 0.3) is 0 Å². The fourth-order valence-corrected chi connectivity index (χ4v) is 2.82. The quantitative estimate of drug-likeness (QED) is 0.317. The van der Waals surface area contributed by atoms with Crippen molar-refractivity contribution in [2.75, 3.05) is 0 Å². The van der Waals surface area contributed by atoms with Crippen molar-refractivity contribution in [1.29, 1.82) is 0 Å². The minimum atomic E-state index is -0.00905. The zero-order valence-corrected chi connectivity index (χ0v) is 13.8. The summed E-state index contributed by atoms with van der Waals surface area (Å²) in [6.45, 7) is 4.38.